The molecule has 0 rings (SSSR count). The molecule has 7 heteroatoms. The summed E-state index contributed by atoms with van der Waals surface area (Å²) in [6, 6.07) is 0. The molecule has 0 aliphatic rings. The molecule has 0 amide bonds. The van der Waals surface area contributed by atoms with E-state index in [0.29, 0.717) is 6.42 Å². The molecule has 0 aromatic carbocycles. The Kier molecular flexibility index (Phi) is 8.77. The first-order valence-electron chi connectivity index (χ1n) is 2.35. The van der Waals surface area contributed by atoms with Gasteiger partial charge in [-0.05, 0) is 6.42 Å². The van der Waals surface area contributed by atoms with E-state index < -0.39 is 10.4 Å². The van der Waals surface area contributed by atoms with Crippen molar-refractivity contribution in [2.75, 3.05) is 6.61 Å². The van der Waals surface area contributed by atoms with Crippen LogP contribution in [-0.4, -0.2) is 20.3 Å². The predicted molar refractivity (Wildman–Crippen MR) is 30.0 cm³/mol. The molecule has 0 aromatic rings. The molecule has 0 aromatic heterocycles. The van der Waals surface area contributed by atoms with E-state index in [1.54, 1.807) is 6.92 Å². The van der Waals surface area contributed by atoms with Gasteiger partial charge in [-0.1, -0.05) is 11.3 Å². The maximum Gasteiger partial charge on any atom is 1.00 e. The minimum atomic E-state index is -4.13. The van der Waals surface area contributed by atoms with E-state index in [0.717, 1.165) is 0 Å². The van der Waals surface area contributed by atoms with Crippen LogP contribution in [0.5, 0.6) is 0 Å². The van der Waals surface area contributed by atoms with Crippen LogP contribution in [0.4, 0.5) is 0 Å². The van der Waals surface area contributed by atoms with Gasteiger partial charge in [0.1, 0.15) is 0 Å². The van der Waals surface area contributed by atoms with E-state index in [1.165, 1.54) is 0 Å². The fraction of sp³-hybridized carbons (Fsp3) is 1.00. The molecule has 0 saturated carbocycles. The second kappa shape index (κ2) is 6.53. The van der Waals surface area contributed by atoms with Crippen molar-refractivity contribution in [2.45, 2.75) is 13.3 Å². The number of hydrogen-bond donors (Lipinski definition) is 1. The molecular formula is C3H9NaO5S. The third-order valence-electron chi connectivity index (χ3n) is 0.523. The Balaban J connectivity index is -0.000000320. The monoisotopic (exact) mass is 180 g/mol. The van der Waals surface area contributed by atoms with Crippen molar-refractivity contribution in [1.29, 1.82) is 0 Å². The topological polar surface area (TPSA) is 72.8 Å². The third-order valence-corrected chi connectivity index (χ3v) is 1.16. The van der Waals surface area contributed by atoms with E-state index in [1.807, 2.05) is 0 Å². The van der Waals surface area contributed by atoms with Crippen LogP contribution in [0.3, 0.4) is 0 Å². The fourth-order valence-electron chi connectivity index (χ4n) is 0.207. The standard InChI is InChI=1S/C3H8O5S.Na.H/c1-2-3-7-9(5,6)8-4;;/h4H,2-3H2,1H3;;/q;+1;-1. The van der Waals surface area contributed by atoms with Gasteiger partial charge in [-0.15, -0.1) is 0 Å². The summed E-state index contributed by atoms with van der Waals surface area (Å²) in [5, 5.41) is 7.61. The Morgan fingerprint density at radius 3 is 2.40 bits per heavy atom. The Morgan fingerprint density at radius 1 is 1.60 bits per heavy atom. The molecule has 0 aliphatic carbocycles. The Bertz CT molecular complexity index is 157. The summed E-state index contributed by atoms with van der Waals surface area (Å²) in [5.74, 6) is 0. The summed E-state index contributed by atoms with van der Waals surface area (Å²) in [4.78, 5) is 0. The number of rotatable bonds is 4. The molecule has 0 spiro atoms. The molecule has 0 radical (unpaired) electrons. The molecular weight excluding hydrogens is 171 g/mol. The first-order chi connectivity index (χ1) is 4.12. The van der Waals surface area contributed by atoms with Gasteiger partial charge in [0.25, 0.3) is 0 Å². The van der Waals surface area contributed by atoms with Crippen molar-refractivity contribution in [3.05, 3.63) is 0 Å². The van der Waals surface area contributed by atoms with Crippen LogP contribution in [0.25, 0.3) is 0 Å². The maximum absolute atomic E-state index is 10.1. The quantitative estimate of drug-likeness (QED) is 0.289. The Hall–Kier alpha value is 0.830. The van der Waals surface area contributed by atoms with Gasteiger partial charge >= 0.3 is 40.0 Å². The summed E-state index contributed by atoms with van der Waals surface area (Å²) >= 11 is 0. The van der Waals surface area contributed by atoms with Crippen molar-refractivity contribution < 1.29 is 53.2 Å². The second-order valence-corrected chi connectivity index (χ2v) is 2.51. The van der Waals surface area contributed by atoms with Crippen LogP contribution in [0.15, 0.2) is 0 Å². The smallest absolute Gasteiger partial charge is 1.00 e. The average Bonchev–Trinajstić information content (AvgIpc) is 1.84. The zero-order valence-corrected chi connectivity index (χ0v) is 8.72. The molecule has 10 heavy (non-hydrogen) atoms. The molecule has 0 aliphatic heterocycles. The first kappa shape index (κ1) is 13.4. The van der Waals surface area contributed by atoms with Crippen LogP contribution in [0.2, 0.25) is 0 Å². The van der Waals surface area contributed by atoms with Gasteiger partial charge in [0, 0.05) is 0 Å². The van der Waals surface area contributed by atoms with Gasteiger partial charge in [0.05, 0.1) is 6.61 Å². The van der Waals surface area contributed by atoms with Crippen molar-refractivity contribution >= 4 is 10.4 Å². The van der Waals surface area contributed by atoms with Crippen molar-refractivity contribution in [3.63, 3.8) is 0 Å². The van der Waals surface area contributed by atoms with E-state index in [9.17, 15) is 8.42 Å². The summed E-state index contributed by atoms with van der Waals surface area (Å²) in [6.07, 6.45) is 0.544. The van der Waals surface area contributed by atoms with E-state index >= 15 is 0 Å². The molecule has 0 fully saturated rings. The summed E-state index contributed by atoms with van der Waals surface area (Å²) in [6.45, 7) is 1.75. The van der Waals surface area contributed by atoms with E-state index in [-0.39, 0.29) is 37.6 Å². The van der Waals surface area contributed by atoms with Crippen LogP contribution in [-0.2, 0) is 18.9 Å². The van der Waals surface area contributed by atoms with Gasteiger partial charge < -0.3 is 1.43 Å². The minimum Gasteiger partial charge on any atom is -1.00 e. The minimum absolute atomic E-state index is 0. The Morgan fingerprint density at radius 2 is 2.10 bits per heavy atom. The second-order valence-electron chi connectivity index (χ2n) is 1.30. The zero-order chi connectivity index (χ0) is 7.33. The van der Waals surface area contributed by atoms with Crippen LogP contribution < -0.4 is 29.6 Å². The molecule has 0 unspecified atom stereocenters. The van der Waals surface area contributed by atoms with Gasteiger partial charge in [-0.25, -0.2) is 9.44 Å². The van der Waals surface area contributed by atoms with Gasteiger partial charge in [-0.3, -0.25) is 0 Å². The summed E-state index contributed by atoms with van der Waals surface area (Å²) in [7, 11) is -4.13. The van der Waals surface area contributed by atoms with Gasteiger partial charge in [0.15, 0.2) is 0 Å². The molecule has 58 valence electrons. The van der Waals surface area contributed by atoms with Crippen molar-refractivity contribution in [3.8, 4) is 0 Å². The van der Waals surface area contributed by atoms with E-state index in [2.05, 4.69) is 8.52 Å². The normalized spacial score (nSPS) is 10.6. The maximum atomic E-state index is 10.1. The molecule has 0 bridgehead atoms. The van der Waals surface area contributed by atoms with Crippen LogP contribution in [0, 0.1) is 0 Å². The third kappa shape index (κ3) is 6.94. The summed E-state index contributed by atoms with van der Waals surface area (Å²) in [5.41, 5.74) is 0. The van der Waals surface area contributed by atoms with Gasteiger partial charge in [0.2, 0.25) is 0 Å². The largest absolute Gasteiger partial charge is 1.00 e. The van der Waals surface area contributed by atoms with Crippen molar-refractivity contribution in [2.24, 2.45) is 0 Å². The Labute approximate surface area is 83.4 Å². The van der Waals surface area contributed by atoms with Crippen LogP contribution >= 0.6 is 0 Å². The number of hydrogen-bond acceptors (Lipinski definition) is 5. The van der Waals surface area contributed by atoms with Crippen molar-refractivity contribution in [1.82, 2.24) is 0 Å². The SMILES string of the molecule is CCCOS(=O)(=O)OO.[H-].[Na+]. The zero-order valence-electron chi connectivity index (χ0n) is 6.90. The molecule has 0 heterocycles. The molecule has 0 atom stereocenters. The fourth-order valence-corrected chi connectivity index (χ4v) is 0.621. The van der Waals surface area contributed by atoms with E-state index in [4.69, 9.17) is 5.26 Å². The first-order valence-corrected chi connectivity index (χ1v) is 3.68. The van der Waals surface area contributed by atoms with Gasteiger partial charge in [-0.2, -0.15) is 8.42 Å². The molecule has 0 saturated heterocycles. The molecule has 5 nitrogen and oxygen atoms in total. The average molecular weight is 180 g/mol. The molecule has 1 N–H and O–H groups in total. The predicted octanol–water partition coefficient (Wildman–Crippen LogP) is -2.74. The van der Waals surface area contributed by atoms with Crippen LogP contribution in [0.1, 0.15) is 14.8 Å². The summed E-state index contributed by atoms with van der Waals surface area (Å²) < 4.78 is 27.1.